The number of aromatic nitrogens is 2. The molecule has 0 atom stereocenters. The minimum absolute atomic E-state index is 0.241. The Morgan fingerprint density at radius 3 is 2.86 bits per heavy atom. The third-order valence-corrected chi connectivity index (χ3v) is 5.39. The molecular formula is C22H22ClN3O3. The molecule has 150 valence electrons. The zero-order chi connectivity index (χ0) is 20.2. The summed E-state index contributed by atoms with van der Waals surface area (Å²) in [4.78, 5) is 17.2. The minimum Gasteiger partial charge on any atom is -0.474 e. The fraction of sp³-hybridized carbons (Fsp3) is 0.318. The number of hydrogen-bond donors (Lipinski definition) is 1. The first kappa shape index (κ1) is 19.5. The van der Waals surface area contributed by atoms with Crippen LogP contribution in [0.5, 0.6) is 5.88 Å². The van der Waals surface area contributed by atoms with Crippen molar-refractivity contribution >= 4 is 17.5 Å². The van der Waals surface area contributed by atoms with Gasteiger partial charge in [0.1, 0.15) is 23.1 Å². The molecular weight excluding hydrogens is 390 g/mol. The maximum Gasteiger partial charge on any atom is 0.257 e. The maximum atomic E-state index is 12.9. The lowest BCUT2D eigenvalue weighted by Crippen LogP contribution is -2.24. The van der Waals surface area contributed by atoms with Gasteiger partial charge in [0.2, 0.25) is 5.88 Å². The molecule has 1 fully saturated rings. The van der Waals surface area contributed by atoms with E-state index in [1.54, 1.807) is 19.2 Å². The zero-order valence-corrected chi connectivity index (χ0v) is 16.9. The molecule has 0 aliphatic heterocycles. The van der Waals surface area contributed by atoms with Crippen LogP contribution in [-0.2, 0) is 6.54 Å². The lowest BCUT2D eigenvalue weighted by atomic mass is 10.1. The summed E-state index contributed by atoms with van der Waals surface area (Å²) in [5.41, 5.74) is 2.39. The Morgan fingerprint density at radius 1 is 1.28 bits per heavy atom. The Bertz CT molecular complexity index is 1010. The van der Waals surface area contributed by atoms with Gasteiger partial charge < -0.3 is 14.6 Å². The summed E-state index contributed by atoms with van der Waals surface area (Å²) in [5.74, 6) is 0.771. The van der Waals surface area contributed by atoms with Gasteiger partial charge >= 0.3 is 0 Å². The molecule has 1 aliphatic carbocycles. The smallest absolute Gasteiger partial charge is 0.257 e. The summed E-state index contributed by atoms with van der Waals surface area (Å²) in [5, 5.41) is 7.48. The predicted molar refractivity (Wildman–Crippen MR) is 110 cm³/mol. The molecule has 0 saturated heterocycles. The van der Waals surface area contributed by atoms with Crippen LogP contribution in [0.4, 0.5) is 0 Å². The number of hydrogen-bond acceptors (Lipinski definition) is 5. The van der Waals surface area contributed by atoms with E-state index in [9.17, 15) is 4.79 Å². The summed E-state index contributed by atoms with van der Waals surface area (Å²) in [6, 6.07) is 11.0. The van der Waals surface area contributed by atoms with E-state index in [-0.39, 0.29) is 12.0 Å². The summed E-state index contributed by atoms with van der Waals surface area (Å²) >= 11 is 6.27. The topological polar surface area (TPSA) is 77.3 Å². The zero-order valence-electron chi connectivity index (χ0n) is 16.2. The van der Waals surface area contributed by atoms with Crippen molar-refractivity contribution < 1.29 is 14.1 Å². The van der Waals surface area contributed by atoms with Crippen LogP contribution in [0.25, 0.3) is 11.3 Å². The Kier molecular flexibility index (Phi) is 5.81. The molecule has 7 heteroatoms. The van der Waals surface area contributed by atoms with Gasteiger partial charge in [-0.2, -0.15) is 0 Å². The van der Waals surface area contributed by atoms with E-state index in [4.69, 9.17) is 20.9 Å². The quantitative estimate of drug-likeness (QED) is 0.621. The Balaban J connectivity index is 1.47. The number of rotatable bonds is 6. The highest BCUT2D eigenvalue weighted by atomic mass is 35.5. The van der Waals surface area contributed by atoms with E-state index in [1.165, 1.54) is 12.8 Å². The lowest BCUT2D eigenvalue weighted by Gasteiger charge is -2.13. The molecule has 29 heavy (non-hydrogen) atoms. The molecule has 0 radical (unpaired) electrons. The average Bonchev–Trinajstić information content (AvgIpc) is 3.36. The summed E-state index contributed by atoms with van der Waals surface area (Å²) < 4.78 is 11.2. The van der Waals surface area contributed by atoms with Gasteiger partial charge in [0.05, 0.1) is 5.02 Å². The number of halogens is 1. The fourth-order valence-corrected chi connectivity index (χ4v) is 3.77. The van der Waals surface area contributed by atoms with Crippen molar-refractivity contribution in [1.82, 2.24) is 15.5 Å². The molecule has 0 spiro atoms. The number of carbonyl (C=O) groups excluding carboxylic acids is 1. The van der Waals surface area contributed by atoms with E-state index in [0.29, 0.717) is 40.0 Å². The van der Waals surface area contributed by atoms with Crippen LogP contribution >= 0.6 is 11.6 Å². The number of nitrogens with one attached hydrogen (secondary N) is 1. The van der Waals surface area contributed by atoms with Crippen molar-refractivity contribution in [2.24, 2.45) is 0 Å². The normalized spacial score (nSPS) is 14.1. The van der Waals surface area contributed by atoms with Crippen molar-refractivity contribution in [2.75, 3.05) is 0 Å². The SMILES string of the molecule is Cc1onc(-c2ccccc2Cl)c1C(=O)NCc1ccnc(OC2CCCC2)c1. The molecule has 2 heterocycles. The van der Waals surface area contributed by atoms with E-state index >= 15 is 0 Å². The van der Waals surface area contributed by atoms with Gasteiger partial charge in [-0.15, -0.1) is 0 Å². The Labute approximate surface area is 174 Å². The molecule has 1 saturated carbocycles. The second-order valence-corrected chi connectivity index (χ2v) is 7.56. The van der Waals surface area contributed by atoms with Gasteiger partial charge in [-0.25, -0.2) is 4.98 Å². The molecule has 0 unspecified atom stereocenters. The first-order chi connectivity index (χ1) is 14.1. The number of pyridine rings is 1. The molecule has 1 aromatic carbocycles. The maximum absolute atomic E-state index is 12.9. The molecule has 1 aliphatic rings. The second kappa shape index (κ2) is 8.66. The van der Waals surface area contributed by atoms with Gasteiger partial charge in [-0.1, -0.05) is 35.0 Å². The van der Waals surface area contributed by atoms with Crippen LogP contribution in [0.3, 0.4) is 0 Å². The highest BCUT2D eigenvalue weighted by Gasteiger charge is 2.23. The Morgan fingerprint density at radius 2 is 2.07 bits per heavy atom. The standard InChI is InChI=1S/C22H22ClN3O3/c1-14-20(21(26-29-14)17-8-4-5-9-18(17)23)22(27)25-13-15-10-11-24-19(12-15)28-16-6-2-3-7-16/h4-5,8-12,16H,2-3,6-7,13H2,1H3,(H,25,27). The van der Waals surface area contributed by atoms with E-state index in [2.05, 4.69) is 15.5 Å². The first-order valence-corrected chi connectivity index (χ1v) is 10.1. The fourth-order valence-electron chi connectivity index (χ4n) is 3.55. The number of aryl methyl sites for hydroxylation is 1. The molecule has 4 rings (SSSR count). The molecule has 2 aromatic heterocycles. The first-order valence-electron chi connectivity index (χ1n) is 9.73. The average molecular weight is 412 g/mol. The second-order valence-electron chi connectivity index (χ2n) is 7.15. The van der Waals surface area contributed by atoms with E-state index < -0.39 is 0 Å². The number of benzene rings is 1. The van der Waals surface area contributed by atoms with Crippen LogP contribution in [0.1, 0.15) is 47.4 Å². The molecule has 1 amide bonds. The number of ether oxygens (including phenoxy) is 1. The number of amides is 1. The van der Waals surface area contributed by atoms with Gasteiger partial charge in [0.25, 0.3) is 5.91 Å². The van der Waals surface area contributed by atoms with Crippen molar-refractivity contribution in [3.05, 3.63) is 64.5 Å². The Hall–Kier alpha value is -2.86. The van der Waals surface area contributed by atoms with Crippen molar-refractivity contribution in [3.8, 4) is 17.1 Å². The van der Waals surface area contributed by atoms with Crippen LogP contribution in [-0.4, -0.2) is 22.2 Å². The monoisotopic (exact) mass is 411 g/mol. The van der Waals surface area contributed by atoms with Gasteiger partial charge in [-0.05, 0) is 50.3 Å². The van der Waals surface area contributed by atoms with Crippen LogP contribution in [0.15, 0.2) is 47.1 Å². The molecule has 3 aromatic rings. The van der Waals surface area contributed by atoms with Crippen LogP contribution in [0.2, 0.25) is 5.02 Å². The highest BCUT2D eigenvalue weighted by molar-refractivity contribution is 6.33. The molecule has 6 nitrogen and oxygen atoms in total. The molecule has 0 bridgehead atoms. The summed E-state index contributed by atoms with van der Waals surface area (Å²) in [6.45, 7) is 2.05. The van der Waals surface area contributed by atoms with Crippen LogP contribution in [0, 0.1) is 6.92 Å². The van der Waals surface area contributed by atoms with Gasteiger partial charge in [0, 0.05) is 24.4 Å². The predicted octanol–water partition coefficient (Wildman–Crippen LogP) is 4.95. The van der Waals surface area contributed by atoms with E-state index in [0.717, 1.165) is 18.4 Å². The minimum atomic E-state index is -0.270. The number of nitrogens with zero attached hydrogens (tertiary/aromatic N) is 2. The third kappa shape index (κ3) is 4.43. The van der Waals surface area contributed by atoms with Crippen LogP contribution < -0.4 is 10.1 Å². The molecule has 1 N–H and O–H groups in total. The van der Waals surface area contributed by atoms with Crippen molar-refractivity contribution in [3.63, 3.8) is 0 Å². The van der Waals surface area contributed by atoms with Gasteiger partial charge in [0.15, 0.2) is 0 Å². The summed E-state index contributed by atoms with van der Waals surface area (Å²) in [7, 11) is 0. The highest BCUT2D eigenvalue weighted by Crippen LogP contribution is 2.31. The third-order valence-electron chi connectivity index (χ3n) is 5.06. The van der Waals surface area contributed by atoms with E-state index in [1.807, 2.05) is 30.3 Å². The van der Waals surface area contributed by atoms with Crippen molar-refractivity contribution in [1.29, 1.82) is 0 Å². The van der Waals surface area contributed by atoms with Crippen molar-refractivity contribution in [2.45, 2.75) is 45.3 Å². The largest absolute Gasteiger partial charge is 0.474 e. The number of carbonyl (C=O) groups is 1. The lowest BCUT2D eigenvalue weighted by molar-refractivity contribution is 0.0949. The van der Waals surface area contributed by atoms with Gasteiger partial charge in [-0.3, -0.25) is 4.79 Å². The summed E-state index contributed by atoms with van der Waals surface area (Å²) in [6.07, 6.45) is 6.48.